The summed E-state index contributed by atoms with van der Waals surface area (Å²) in [6.45, 7) is 0.0702. The van der Waals surface area contributed by atoms with E-state index in [0.29, 0.717) is 10.6 Å². The third-order valence-electron chi connectivity index (χ3n) is 2.29. The van der Waals surface area contributed by atoms with Gasteiger partial charge < -0.3 is 5.32 Å². The van der Waals surface area contributed by atoms with Crippen molar-refractivity contribution < 1.29 is 13.2 Å². The highest BCUT2D eigenvalue weighted by Crippen LogP contribution is 2.24. The molecule has 96 valence electrons. The van der Waals surface area contributed by atoms with Gasteiger partial charge in [-0.25, -0.2) is 0 Å². The first-order chi connectivity index (χ1) is 7.95. The Bertz CT molecular complexity index is 355. The Kier molecular flexibility index (Phi) is 5.56. The van der Waals surface area contributed by atoms with Gasteiger partial charge in [0.25, 0.3) is 0 Å². The van der Waals surface area contributed by atoms with Gasteiger partial charge in [-0.2, -0.15) is 13.2 Å². The van der Waals surface area contributed by atoms with Gasteiger partial charge in [0, 0.05) is 17.4 Å². The molecule has 0 aliphatic heterocycles. The Labute approximate surface area is 108 Å². The molecule has 0 spiro atoms. The molecule has 0 radical (unpaired) electrons. The van der Waals surface area contributed by atoms with E-state index >= 15 is 0 Å². The van der Waals surface area contributed by atoms with Crippen molar-refractivity contribution in [3.63, 3.8) is 0 Å². The lowest BCUT2D eigenvalue weighted by Crippen LogP contribution is -2.42. The van der Waals surface area contributed by atoms with Crippen LogP contribution in [0.4, 0.5) is 13.2 Å². The van der Waals surface area contributed by atoms with Crippen LogP contribution in [0.3, 0.4) is 0 Å². The monoisotopic (exact) mass is 285 g/mol. The van der Waals surface area contributed by atoms with Crippen LogP contribution in [0.15, 0.2) is 24.3 Å². The van der Waals surface area contributed by atoms with Crippen LogP contribution in [0.5, 0.6) is 0 Å². The molecule has 1 rings (SSSR count). The predicted molar refractivity (Wildman–Crippen MR) is 63.5 cm³/mol. The topological polar surface area (TPSA) is 12.0 Å². The molecule has 17 heavy (non-hydrogen) atoms. The van der Waals surface area contributed by atoms with E-state index in [2.05, 4.69) is 5.32 Å². The molecule has 0 saturated heterocycles. The van der Waals surface area contributed by atoms with Gasteiger partial charge in [0.05, 0.1) is 0 Å². The zero-order valence-corrected chi connectivity index (χ0v) is 10.4. The van der Waals surface area contributed by atoms with Gasteiger partial charge in [0.1, 0.15) is 6.04 Å². The second kappa shape index (κ2) is 6.47. The van der Waals surface area contributed by atoms with Crippen LogP contribution in [0.25, 0.3) is 0 Å². The summed E-state index contributed by atoms with van der Waals surface area (Å²) in [6, 6.07) is 5.18. The van der Waals surface area contributed by atoms with Crippen molar-refractivity contribution >= 4 is 23.2 Å². The van der Waals surface area contributed by atoms with Crippen LogP contribution in [0.2, 0.25) is 5.02 Å². The highest BCUT2D eigenvalue weighted by molar-refractivity contribution is 6.31. The molecule has 0 heterocycles. The summed E-state index contributed by atoms with van der Waals surface area (Å²) in [4.78, 5) is 0. The number of alkyl halides is 4. The second-order valence-corrected chi connectivity index (χ2v) is 4.33. The van der Waals surface area contributed by atoms with E-state index in [1.54, 1.807) is 24.3 Å². The minimum Gasteiger partial charge on any atom is -0.302 e. The highest BCUT2D eigenvalue weighted by Gasteiger charge is 2.38. The van der Waals surface area contributed by atoms with E-state index in [1.165, 1.54) is 0 Å². The minimum atomic E-state index is -4.30. The van der Waals surface area contributed by atoms with Gasteiger partial charge in [-0.1, -0.05) is 29.8 Å². The minimum absolute atomic E-state index is 0.0420. The van der Waals surface area contributed by atoms with Crippen molar-refractivity contribution in [2.75, 3.05) is 5.88 Å². The maximum Gasteiger partial charge on any atom is 0.403 e. The predicted octanol–water partition coefficient (Wildman–Crippen LogP) is 3.99. The van der Waals surface area contributed by atoms with Crippen molar-refractivity contribution in [2.45, 2.75) is 25.2 Å². The molecular formula is C11H12Cl2F3N. The Morgan fingerprint density at radius 3 is 2.41 bits per heavy atom. The Balaban J connectivity index is 2.61. The van der Waals surface area contributed by atoms with E-state index in [-0.39, 0.29) is 18.8 Å². The van der Waals surface area contributed by atoms with E-state index in [0.717, 1.165) is 0 Å². The fourth-order valence-electron chi connectivity index (χ4n) is 1.37. The maximum atomic E-state index is 12.6. The van der Waals surface area contributed by atoms with Crippen LogP contribution in [-0.4, -0.2) is 18.1 Å². The van der Waals surface area contributed by atoms with Crippen molar-refractivity contribution in [3.05, 3.63) is 34.9 Å². The van der Waals surface area contributed by atoms with Crippen LogP contribution < -0.4 is 5.32 Å². The van der Waals surface area contributed by atoms with Crippen molar-refractivity contribution in [1.82, 2.24) is 5.32 Å². The smallest absolute Gasteiger partial charge is 0.302 e. The van der Waals surface area contributed by atoms with Crippen molar-refractivity contribution in [2.24, 2.45) is 0 Å². The second-order valence-electron chi connectivity index (χ2n) is 3.54. The summed E-state index contributed by atoms with van der Waals surface area (Å²) in [5, 5.41) is 2.87. The summed E-state index contributed by atoms with van der Waals surface area (Å²) in [5.41, 5.74) is 0.637. The Morgan fingerprint density at radius 2 is 1.88 bits per heavy atom. The Morgan fingerprint density at radius 1 is 1.24 bits per heavy atom. The fourth-order valence-corrected chi connectivity index (χ4v) is 1.79. The average Bonchev–Trinajstić information content (AvgIpc) is 2.24. The summed E-state index contributed by atoms with van der Waals surface area (Å²) in [7, 11) is 0. The van der Waals surface area contributed by atoms with Gasteiger partial charge in [-0.05, 0) is 18.1 Å². The van der Waals surface area contributed by atoms with Crippen LogP contribution in [-0.2, 0) is 6.54 Å². The molecule has 0 aliphatic carbocycles. The Hall–Kier alpha value is -0.450. The molecule has 1 aromatic carbocycles. The molecule has 0 aliphatic rings. The fraction of sp³-hybridized carbons (Fsp3) is 0.455. The lowest BCUT2D eigenvalue weighted by molar-refractivity contribution is -0.156. The molecule has 6 heteroatoms. The molecule has 0 bridgehead atoms. The van der Waals surface area contributed by atoms with Gasteiger partial charge in [0.15, 0.2) is 0 Å². The molecule has 0 saturated carbocycles. The van der Waals surface area contributed by atoms with E-state index in [9.17, 15) is 13.2 Å². The van der Waals surface area contributed by atoms with E-state index < -0.39 is 12.2 Å². The molecule has 0 fully saturated rings. The average molecular weight is 286 g/mol. The summed E-state index contributed by atoms with van der Waals surface area (Å²) in [6.07, 6.45) is -4.45. The van der Waals surface area contributed by atoms with Crippen LogP contribution >= 0.6 is 23.2 Å². The molecule has 1 aromatic rings. The molecule has 1 atom stereocenters. The highest BCUT2D eigenvalue weighted by atomic mass is 35.5. The standard InChI is InChI=1S/C11H12Cl2F3N/c12-6-5-10(11(14,15)16)17-7-8-3-1-2-4-9(8)13/h1-4,10,17H,5-7H2. The first-order valence-corrected chi connectivity index (χ1v) is 5.96. The summed E-state index contributed by atoms with van der Waals surface area (Å²) < 4.78 is 37.7. The largest absolute Gasteiger partial charge is 0.403 e. The first kappa shape index (κ1) is 14.6. The van der Waals surface area contributed by atoms with E-state index in [4.69, 9.17) is 23.2 Å². The molecule has 0 aromatic heterocycles. The van der Waals surface area contributed by atoms with Crippen LogP contribution in [0.1, 0.15) is 12.0 Å². The number of benzene rings is 1. The third-order valence-corrected chi connectivity index (χ3v) is 2.88. The van der Waals surface area contributed by atoms with Gasteiger partial charge >= 0.3 is 6.18 Å². The number of nitrogens with one attached hydrogen (secondary N) is 1. The SMILES string of the molecule is FC(F)(F)C(CCCl)NCc1ccccc1Cl. The van der Waals surface area contributed by atoms with Crippen LogP contribution in [0, 0.1) is 0 Å². The zero-order valence-electron chi connectivity index (χ0n) is 8.90. The van der Waals surface area contributed by atoms with Gasteiger partial charge in [0.2, 0.25) is 0 Å². The number of halogens is 5. The van der Waals surface area contributed by atoms with Crippen molar-refractivity contribution in [1.29, 1.82) is 0 Å². The lowest BCUT2D eigenvalue weighted by atomic mass is 10.1. The zero-order chi connectivity index (χ0) is 12.9. The quantitative estimate of drug-likeness (QED) is 0.807. The van der Waals surface area contributed by atoms with Crippen molar-refractivity contribution in [3.8, 4) is 0 Å². The third kappa shape index (κ3) is 4.74. The number of hydrogen-bond donors (Lipinski definition) is 1. The normalized spacial score (nSPS) is 13.7. The summed E-state index contributed by atoms with van der Waals surface area (Å²) >= 11 is 11.2. The molecule has 1 unspecified atom stereocenters. The first-order valence-electron chi connectivity index (χ1n) is 5.04. The molecule has 1 N–H and O–H groups in total. The van der Waals surface area contributed by atoms with E-state index in [1.807, 2.05) is 0 Å². The summed E-state index contributed by atoms with van der Waals surface area (Å²) in [5.74, 6) is -0.0420. The maximum absolute atomic E-state index is 12.6. The number of hydrogen-bond acceptors (Lipinski definition) is 1. The number of rotatable bonds is 5. The molecule has 1 nitrogen and oxygen atoms in total. The lowest BCUT2D eigenvalue weighted by Gasteiger charge is -2.21. The van der Waals surface area contributed by atoms with Gasteiger partial charge in [-0.15, -0.1) is 11.6 Å². The van der Waals surface area contributed by atoms with Gasteiger partial charge in [-0.3, -0.25) is 0 Å². The molecule has 0 amide bonds. The molecular weight excluding hydrogens is 274 g/mol.